The summed E-state index contributed by atoms with van der Waals surface area (Å²) in [5, 5.41) is 3.74. The van der Waals surface area contributed by atoms with Crippen LogP contribution in [0.1, 0.15) is 18.1 Å². The molecule has 0 aliphatic rings. The Balaban J connectivity index is 2.65. The predicted octanol–water partition coefficient (Wildman–Crippen LogP) is 2.04. The highest BCUT2D eigenvalue weighted by Gasteiger charge is 1.87. The zero-order valence-electron chi connectivity index (χ0n) is 7.53. The van der Waals surface area contributed by atoms with Gasteiger partial charge in [-0.3, -0.25) is 0 Å². The fourth-order valence-corrected chi connectivity index (χ4v) is 0.838. The van der Waals surface area contributed by atoms with Crippen molar-refractivity contribution < 1.29 is 4.84 Å². The summed E-state index contributed by atoms with van der Waals surface area (Å²) >= 11 is 0. The van der Waals surface area contributed by atoms with Crippen LogP contribution in [0.2, 0.25) is 0 Å². The van der Waals surface area contributed by atoms with Crippen LogP contribution in [-0.4, -0.2) is 12.8 Å². The Hall–Kier alpha value is -1.75. The third-order valence-electron chi connectivity index (χ3n) is 1.48. The van der Waals surface area contributed by atoms with E-state index >= 15 is 0 Å². The Labute approximate surface area is 78.2 Å². The molecule has 2 nitrogen and oxygen atoms in total. The number of rotatable bonds is 3. The van der Waals surface area contributed by atoms with Crippen molar-refractivity contribution in [3.8, 4) is 12.3 Å². The molecule has 66 valence electrons. The summed E-state index contributed by atoms with van der Waals surface area (Å²) < 4.78 is 0. The van der Waals surface area contributed by atoms with Crippen molar-refractivity contribution in [3.63, 3.8) is 0 Å². The fraction of sp³-hybridized carbons (Fsp3) is 0.182. The van der Waals surface area contributed by atoms with Crippen molar-refractivity contribution in [2.45, 2.75) is 6.92 Å². The summed E-state index contributed by atoms with van der Waals surface area (Å²) in [5.74, 6) is 2.55. The van der Waals surface area contributed by atoms with Gasteiger partial charge in [0.2, 0.25) is 0 Å². The van der Waals surface area contributed by atoms with E-state index in [0.717, 1.165) is 11.1 Å². The minimum atomic E-state index is 0.582. The Morgan fingerprint density at radius 2 is 2.15 bits per heavy atom. The average molecular weight is 173 g/mol. The van der Waals surface area contributed by atoms with E-state index in [4.69, 9.17) is 11.3 Å². The molecule has 0 aliphatic carbocycles. The summed E-state index contributed by atoms with van der Waals surface area (Å²) in [6.45, 7) is 2.47. The maximum Gasteiger partial charge on any atom is 0.114 e. The molecule has 0 aliphatic heterocycles. The second-order valence-corrected chi connectivity index (χ2v) is 2.42. The highest BCUT2D eigenvalue weighted by atomic mass is 16.6. The lowest BCUT2D eigenvalue weighted by molar-refractivity contribution is 0.160. The maximum atomic E-state index is 5.21. The highest BCUT2D eigenvalue weighted by Crippen LogP contribution is 2.00. The number of oxime groups is 1. The van der Waals surface area contributed by atoms with Gasteiger partial charge in [0.15, 0.2) is 0 Å². The first-order chi connectivity index (χ1) is 6.36. The van der Waals surface area contributed by atoms with Crippen LogP contribution in [0.15, 0.2) is 29.4 Å². The number of nitrogens with zero attached hydrogens (tertiary/aromatic N) is 1. The van der Waals surface area contributed by atoms with E-state index in [1.165, 1.54) is 0 Å². The molecular formula is C11H11NO. The lowest BCUT2D eigenvalue weighted by Gasteiger charge is -1.93. The van der Waals surface area contributed by atoms with Crippen molar-refractivity contribution in [3.05, 3.63) is 35.4 Å². The molecule has 0 fully saturated rings. The smallest absolute Gasteiger partial charge is 0.114 e. The van der Waals surface area contributed by atoms with E-state index in [-0.39, 0.29) is 0 Å². The van der Waals surface area contributed by atoms with Crippen LogP contribution in [-0.2, 0) is 4.84 Å². The van der Waals surface area contributed by atoms with Crippen LogP contribution in [0.25, 0.3) is 0 Å². The lowest BCUT2D eigenvalue weighted by atomic mass is 10.2. The van der Waals surface area contributed by atoms with Gasteiger partial charge >= 0.3 is 0 Å². The van der Waals surface area contributed by atoms with Gasteiger partial charge in [0.05, 0.1) is 6.21 Å². The second kappa shape index (κ2) is 5.00. The molecule has 0 amide bonds. The van der Waals surface area contributed by atoms with Crippen LogP contribution < -0.4 is 0 Å². The quantitative estimate of drug-likeness (QED) is 0.389. The van der Waals surface area contributed by atoms with Crippen LogP contribution in [0.5, 0.6) is 0 Å². The van der Waals surface area contributed by atoms with E-state index in [2.05, 4.69) is 11.1 Å². The zero-order chi connectivity index (χ0) is 9.52. The van der Waals surface area contributed by atoms with Crippen LogP contribution >= 0.6 is 0 Å². The van der Waals surface area contributed by atoms with Gasteiger partial charge in [0, 0.05) is 5.56 Å². The fourth-order valence-electron chi connectivity index (χ4n) is 0.838. The third-order valence-corrected chi connectivity index (χ3v) is 1.48. The van der Waals surface area contributed by atoms with Gasteiger partial charge in [-0.15, -0.1) is 6.42 Å². The standard InChI is InChI=1S/C11H11NO/c1-3-10-5-7-11(8-6-10)9-12-13-4-2/h1,5-9H,4H2,2H3/b12-9+. The maximum absolute atomic E-state index is 5.21. The Kier molecular flexibility index (Phi) is 3.59. The number of hydrogen-bond donors (Lipinski definition) is 0. The average Bonchev–Trinajstić information content (AvgIpc) is 2.19. The molecule has 0 spiro atoms. The molecule has 1 rings (SSSR count). The van der Waals surface area contributed by atoms with Gasteiger partial charge in [0.25, 0.3) is 0 Å². The molecule has 13 heavy (non-hydrogen) atoms. The van der Waals surface area contributed by atoms with Crippen LogP contribution in [0.4, 0.5) is 0 Å². The summed E-state index contributed by atoms with van der Waals surface area (Å²) in [7, 11) is 0. The first kappa shape index (κ1) is 9.34. The monoisotopic (exact) mass is 173 g/mol. The van der Waals surface area contributed by atoms with E-state index in [1.54, 1.807) is 6.21 Å². The molecule has 0 unspecified atom stereocenters. The Morgan fingerprint density at radius 1 is 1.46 bits per heavy atom. The van der Waals surface area contributed by atoms with Crippen LogP contribution in [0.3, 0.4) is 0 Å². The molecule has 1 aromatic rings. The number of benzene rings is 1. The first-order valence-electron chi connectivity index (χ1n) is 4.09. The van der Waals surface area contributed by atoms with Crippen molar-refractivity contribution in [1.82, 2.24) is 0 Å². The van der Waals surface area contributed by atoms with E-state index in [1.807, 2.05) is 31.2 Å². The van der Waals surface area contributed by atoms with Gasteiger partial charge < -0.3 is 4.84 Å². The van der Waals surface area contributed by atoms with Gasteiger partial charge in [0.1, 0.15) is 6.61 Å². The molecule has 0 saturated carbocycles. The molecule has 0 aromatic heterocycles. The Bertz CT molecular complexity index is 319. The molecule has 0 heterocycles. The lowest BCUT2D eigenvalue weighted by Crippen LogP contribution is -1.84. The van der Waals surface area contributed by atoms with Crippen molar-refractivity contribution in [1.29, 1.82) is 0 Å². The molecule has 1 aromatic carbocycles. The van der Waals surface area contributed by atoms with E-state index in [0.29, 0.717) is 6.61 Å². The van der Waals surface area contributed by atoms with Gasteiger partial charge in [-0.1, -0.05) is 23.2 Å². The van der Waals surface area contributed by atoms with Crippen LogP contribution in [0, 0.1) is 12.3 Å². The molecule has 0 bridgehead atoms. The molecular weight excluding hydrogens is 162 g/mol. The number of hydrogen-bond acceptors (Lipinski definition) is 2. The summed E-state index contributed by atoms with van der Waals surface area (Å²) in [6, 6.07) is 7.54. The first-order valence-corrected chi connectivity index (χ1v) is 4.09. The largest absolute Gasteiger partial charge is 0.396 e. The zero-order valence-corrected chi connectivity index (χ0v) is 7.53. The second-order valence-electron chi connectivity index (χ2n) is 2.42. The van der Waals surface area contributed by atoms with E-state index in [9.17, 15) is 0 Å². The summed E-state index contributed by atoms with van der Waals surface area (Å²) in [4.78, 5) is 4.82. The molecule has 2 heteroatoms. The number of terminal acetylenes is 1. The summed E-state index contributed by atoms with van der Waals surface area (Å²) in [6.07, 6.45) is 6.87. The van der Waals surface area contributed by atoms with Crippen molar-refractivity contribution in [2.75, 3.05) is 6.61 Å². The van der Waals surface area contributed by atoms with E-state index < -0.39 is 0 Å². The van der Waals surface area contributed by atoms with Gasteiger partial charge in [-0.25, -0.2) is 0 Å². The molecule has 0 saturated heterocycles. The highest BCUT2D eigenvalue weighted by molar-refractivity contribution is 5.79. The van der Waals surface area contributed by atoms with Crippen molar-refractivity contribution >= 4 is 6.21 Å². The van der Waals surface area contributed by atoms with Crippen molar-refractivity contribution in [2.24, 2.45) is 5.16 Å². The third kappa shape index (κ3) is 3.00. The minimum Gasteiger partial charge on any atom is -0.396 e. The molecule has 0 atom stereocenters. The van der Waals surface area contributed by atoms with Gasteiger partial charge in [-0.05, 0) is 24.6 Å². The van der Waals surface area contributed by atoms with Gasteiger partial charge in [-0.2, -0.15) is 0 Å². The molecule has 0 N–H and O–H groups in total. The molecule has 0 radical (unpaired) electrons. The Morgan fingerprint density at radius 3 is 2.69 bits per heavy atom. The normalized spacial score (nSPS) is 9.85. The summed E-state index contributed by atoms with van der Waals surface area (Å²) in [5.41, 5.74) is 1.85. The SMILES string of the molecule is C#Cc1ccc(/C=N/OCC)cc1. The predicted molar refractivity (Wildman–Crippen MR) is 53.6 cm³/mol. The topological polar surface area (TPSA) is 21.6 Å². The minimum absolute atomic E-state index is 0.582.